The predicted molar refractivity (Wildman–Crippen MR) is 125 cm³/mol. The van der Waals surface area contributed by atoms with Crippen LogP contribution in [0.3, 0.4) is 0 Å². The molecule has 27 heavy (non-hydrogen) atoms. The fraction of sp³-hybridized carbons (Fsp3) is 0.600. The first-order valence-corrected chi connectivity index (χ1v) is 9.29. The van der Waals surface area contributed by atoms with Crippen LogP contribution in [0.2, 0.25) is 0 Å². The quantitative estimate of drug-likeness (QED) is 0.283. The number of carbonyl (C=O) groups excluding carboxylic acids is 1. The van der Waals surface area contributed by atoms with Gasteiger partial charge in [-0.3, -0.25) is 9.79 Å². The van der Waals surface area contributed by atoms with Crippen LogP contribution >= 0.6 is 24.0 Å². The first kappa shape index (κ1) is 25.6. The second-order valence-electron chi connectivity index (χ2n) is 7.16. The normalized spacial score (nSPS) is 12.5. The fourth-order valence-electron chi connectivity index (χ4n) is 2.79. The van der Waals surface area contributed by atoms with E-state index in [1.807, 2.05) is 24.3 Å². The summed E-state index contributed by atoms with van der Waals surface area (Å²) in [4.78, 5) is 18.3. The summed E-state index contributed by atoms with van der Waals surface area (Å²) >= 11 is 0. The maximum absolute atomic E-state index is 11.7. The van der Waals surface area contributed by atoms with E-state index in [9.17, 15) is 4.79 Å². The van der Waals surface area contributed by atoms with Crippen LogP contribution in [-0.2, 0) is 6.42 Å². The summed E-state index contributed by atoms with van der Waals surface area (Å²) in [6.45, 7) is 6.11. The van der Waals surface area contributed by atoms with Crippen LogP contribution in [0, 0.1) is 5.92 Å². The molecular formula is C20H36IN5O. The van der Waals surface area contributed by atoms with E-state index in [0.29, 0.717) is 17.5 Å². The third kappa shape index (κ3) is 9.95. The van der Waals surface area contributed by atoms with E-state index in [-0.39, 0.29) is 29.9 Å². The van der Waals surface area contributed by atoms with Crippen LogP contribution in [0.5, 0.6) is 0 Å². The van der Waals surface area contributed by atoms with Crippen molar-refractivity contribution >= 4 is 35.8 Å². The molecule has 1 unspecified atom stereocenters. The monoisotopic (exact) mass is 489 g/mol. The fourth-order valence-corrected chi connectivity index (χ4v) is 2.79. The Kier molecular flexibility index (Phi) is 13.1. The van der Waals surface area contributed by atoms with Gasteiger partial charge in [-0.1, -0.05) is 26.0 Å². The second-order valence-corrected chi connectivity index (χ2v) is 7.16. The molecule has 0 heterocycles. The van der Waals surface area contributed by atoms with E-state index in [4.69, 9.17) is 0 Å². The van der Waals surface area contributed by atoms with E-state index >= 15 is 0 Å². The minimum absolute atomic E-state index is 0. The molecule has 0 saturated carbocycles. The van der Waals surface area contributed by atoms with Crippen molar-refractivity contribution in [1.29, 1.82) is 0 Å². The van der Waals surface area contributed by atoms with Crippen LogP contribution in [0.15, 0.2) is 29.3 Å². The molecule has 154 valence electrons. The van der Waals surface area contributed by atoms with Crippen LogP contribution in [0.25, 0.3) is 0 Å². The first-order valence-electron chi connectivity index (χ1n) is 9.29. The Morgan fingerprint density at radius 2 is 1.93 bits per heavy atom. The molecule has 1 amide bonds. The average molecular weight is 489 g/mol. The predicted octanol–water partition coefficient (Wildman–Crippen LogP) is 2.35. The van der Waals surface area contributed by atoms with E-state index < -0.39 is 0 Å². The molecular weight excluding hydrogens is 453 g/mol. The maximum Gasteiger partial charge on any atom is 0.251 e. The Morgan fingerprint density at radius 3 is 2.48 bits per heavy atom. The van der Waals surface area contributed by atoms with Gasteiger partial charge in [-0.15, -0.1) is 24.0 Å². The van der Waals surface area contributed by atoms with E-state index in [1.165, 1.54) is 0 Å². The van der Waals surface area contributed by atoms with Gasteiger partial charge in [-0.2, -0.15) is 0 Å². The van der Waals surface area contributed by atoms with Crippen LogP contribution < -0.4 is 16.0 Å². The second kappa shape index (κ2) is 13.8. The molecule has 0 aliphatic carbocycles. The van der Waals surface area contributed by atoms with Gasteiger partial charge in [0.25, 0.3) is 5.91 Å². The van der Waals surface area contributed by atoms with Crippen molar-refractivity contribution in [3.05, 3.63) is 35.4 Å². The van der Waals surface area contributed by atoms with Crippen molar-refractivity contribution in [2.75, 3.05) is 41.3 Å². The number of carbonyl (C=O) groups is 1. The van der Waals surface area contributed by atoms with Crippen molar-refractivity contribution in [1.82, 2.24) is 20.9 Å². The van der Waals surface area contributed by atoms with Crippen molar-refractivity contribution < 1.29 is 4.79 Å². The molecule has 7 heteroatoms. The number of nitrogens with one attached hydrogen (secondary N) is 3. The first-order chi connectivity index (χ1) is 12.4. The lowest BCUT2D eigenvalue weighted by atomic mass is 10.0. The summed E-state index contributed by atoms with van der Waals surface area (Å²) in [5.74, 6) is 1.41. The van der Waals surface area contributed by atoms with Gasteiger partial charge in [0.2, 0.25) is 0 Å². The van der Waals surface area contributed by atoms with E-state index in [0.717, 1.165) is 37.5 Å². The van der Waals surface area contributed by atoms with Gasteiger partial charge in [-0.05, 0) is 50.6 Å². The number of amides is 1. The summed E-state index contributed by atoms with van der Waals surface area (Å²) in [6, 6.07) is 8.18. The topological polar surface area (TPSA) is 68.8 Å². The molecule has 3 N–H and O–H groups in total. The molecule has 0 aliphatic heterocycles. The molecule has 0 saturated heterocycles. The molecule has 1 rings (SSSR count). The number of aliphatic imine (C=N–C) groups is 1. The van der Waals surface area contributed by atoms with Crippen molar-refractivity contribution in [2.24, 2.45) is 10.9 Å². The zero-order valence-electron chi connectivity index (χ0n) is 17.5. The smallest absolute Gasteiger partial charge is 0.251 e. The van der Waals surface area contributed by atoms with Gasteiger partial charge in [0, 0.05) is 38.8 Å². The molecule has 6 nitrogen and oxygen atoms in total. The van der Waals surface area contributed by atoms with E-state index in [1.54, 1.807) is 14.1 Å². The Morgan fingerprint density at radius 1 is 1.22 bits per heavy atom. The average Bonchev–Trinajstić information content (AvgIpc) is 2.62. The Hall–Kier alpha value is -1.35. The van der Waals surface area contributed by atoms with Gasteiger partial charge in [0.05, 0.1) is 0 Å². The molecule has 1 aromatic rings. The molecule has 0 fully saturated rings. The minimum Gasteiger partial charge on any atom is -0.356 e. The standard InChI is InChI=1S/C20H35N5O.HI/c1-15(2)12-18(25(5)6)14-24-20(22-4)23-11-10-16-8-7-9-17(13-16)19(26)21-3;/h7-9,13,15,18H,10-12,14H2,1-6H3,(H,21,26)(H2,22,23,24);1H. The highest BCUT2D eigenvalue weighted by molar-refractivity contribution is 14.0. The Labute approximate surface area is 181 Å². The number of nitrogens with zero attached hydrogens (tertiary/aromatic N) is 2. The third-order valence-electron chi connectivity index (χ3n) is 4.32. The largest absolute Gasteiger partial charge is 0.356 e. The number of hydrogen-bond acceptors (Lipinski definition) is 3. The number of halogens is 1. The molecule has 0 bridgehead atoms. The highest BCUT2D eigenvalue weighted by Crippen LogP contribution is 2.08. The van der Waals surface area contributed by atoms with Crippen molar-refractivity contribution in [2.45, 2.75) is 32.7 Å². The lowest BCUT2D eigenvalue weighted by molar-refractivity contribution is 0.0963. The Balaban J connectivity index is 0.00000676. The SMILES string of the molecule is CN=C(NCCc1cccc(C(=O)NC)c1)NCC(CC(C)C)N(C)C.I. The van der Waals surface area contributed by atoms with Crippen LogP contribution in [-0.4, -0.2) is 64.1 Å². The van der Waals surface area contributed by atoms with Crippen LogP contribution in [0.1, 0.15) is 36.2 Å². The highest BCUT2D eigenvalue weighted by atomic mass is 127. The lowest BCUT2D eigenvalue weighted by Gasteiger charge is -2.27. The zero-order valence-corrected chi connectivity index (χ0v) is 19.8. The molecule has 0 radical (unpaired) electrons. The molecule has 0 aliphatic rings. The summed E-state index contributed by atoms with van der Waals surface area (Å²) in [5.41, 5.74) is 1.81. The third-order valence-corrected chi connectivity index (χ3v) is 4.32. The minimum atomic E-state index is -0.0582. The van der Waals surface area contributed by atoms with E-state index in [2.05, 4.69) is 53.8 Å². The number of guanidine groups is 1. The molecule has 1 atom stereocenters. The molecule has 0 aromatic heterocycles. The van der Waals surface area contributed by atoms with Gasteiger partial charge >= 0.3 is 0 Å². The number of hydrogen-bond donors (Lipinski definition) is 3. The van der Waals surface area contributed by atoms with Crippen molar-refractivity contribution in [3.63, 3.8) is 0 Å². The van der Waals surface area contributed by atoms with Gasteiger partial charge in [0.1, 0.15) is 0 Å². The van der Waals surface area contributed by atoms with Gasteiger partial charge in [0.15, 0.2) is 5.96 Å². The van der Waals surface area contributed by atoms with Crippen LogP contribution in [0.4, 0.5) is 0 Å². The van der Waals surface area contributed by atoms with Crippen molar-refractivity contribution in [3.8, 4) is 0 Å². The number of benzene rings is 1. The molecule has 0 spiro atoms. The summed E-state index contributed by atoms with van der Waals surface area (Å²) in [6.07, 6.45) is 1.97. The highest BCUT2D eigenvalue weighted by Gasteiger charge is 2.13. The Bertz CT molecular complexity index is 589. The molecule has 1 aromatic carbocycles. The summed E-state index contributed by atoms with van der Waals surface area (Å²) in [5, 5.41) is 9.42. The summed E-state index contributed by atoms with van der Waals surface area (Å²) in [7, 11) is 7.66. The number of likely N-dealkylation sites (N-methyl/N-ethyl adjacent to an activating group) is 1. The zero-order chi connectivity index (χ0) is 19.5. The lowest BCUT2D eigenvalue weighted by Crippen LogP contribution is -2.45. The van der Waals surface area contributed by atoms with Gasteiger partial charge in [-0.25, -0.2) is 0 Å². The maximum atomic E-state index is 11.7. The summed E-state index contributed by atoms with van der Waals surface area (Å²) < 4.78 is 0. The number of rotatable bonds is 9. The van der Waals surface area contributed by atoms with Gasteiger partial charge < -0.3 is 20.9 Å².